The highest BCUT2D eigenvalue weighted by Gasteiger charge is 2.08. The van der Waals surface area contributed by atoms with Gasteiger partial charge in [-0.25, -0.2) is 8.78 Å². The van der Waals surface area contributed by atoms with Crippen LogP contribution in [0.15, 0.2) is 47.4 Å². The zero-order valence-electron chi connectivity index (χ0n) is 10.6. The summed E-state index contributed by atoms with van der Waals surface area (Å²) in [6, 6.07) is 8.14. The maximum atomic E-state index is 14.0. The maximum Gasteiger partial charge on any atom is 0.189 e. The van der Waals surface area contributed by atoms with Gasteiger partial charge in [-0.3, -0.25) is 4.79 Å². The first kappa shape index (κ1) is 13.6. The van der Waals surface area contributed by atoms with E-state index in [2.05, 4.69) is 10.3 Å². The highest BCUT2D eigenvalue weighted by Crippen LogP contribution is 2.25. The van der Waals surface area contributed by atoms with Crippen LogP contribution in [0.1, 0.15) is 0 Å². The Morgan fingerprint density at radius 2 is 1.81 bits per heavy atom. The molecule has 0 aliphatic heterocycles. The van der Waals surface area contributed by atoms with Crippen molar-refractivity contribution in [3.8, 4) is 0 Å². The topological polar surface area (TPSA) is 44.9 Å². The smallest absolute Gasteiger partial charge is 0.189 e. The number of aromatic amines is 1. The van der Waals surface area contributed by atoms with Crippen molar-refractivity contribution in [1.82, 2.24) is 4.98 Å². The summed E-state index contributed by atoms with van der Waals surface area (Å²) in [5.74, 6) is -1.09. The molecule has 1 heterocycles. The molecule has 3 nitrogen and oxygen atoms in total. The Hall–Kier alpha value is -2.40. The Morgan fingerprint density at radius 1 is 1.00 bits per heavy atom. The number of rotatable bonds is 2. The highest BCUT2D eigenvalue weighted by molar-refractivity contribution is 6.31. The Labute approximate surface area is 123 Å². The molecule has 0 aliphatic carbocycles. The fourth-order valence-corrected chi connectivity index (χ4v) is 2.23. The predicted molar refractivity (Wildman–Crippen MR) is 79.2 cm³/mol. The fraction of sp³-hybridized carbons (Fsp3) is 0. The molecule has 0 bridgehead atoms. The van der Waals surface area contributed by atoms with E-state index in [4.69, 9.17) is 11.6 Å². The van der Waals surface area contributed by atoms with Crippen molar-refractivity contribution >= 4 is 33.9 Å². The summed E-state index contributed by atoms with van der Waals surface area (Å²) in [6.45, 7) is 0. The largest absolute Gasteiger partial charge is 0.359 e. The third-order valence-electron chi connectivity index (χ3n) is 3.03. The van der Waals surface area contributed by atoms with Crippen molar-refractivity contribution in [2.45, 2.75) is 0 Å². The Morgan fingerprint density at radius 3 is 2.57 bits per heavy atom. The van der Waals surface area contributed by atoms with Crippen molar-refractivity contribution in [2.75, 3.05) is 5.32 Å². The van der Waals surface area contributed by atoms with Crippen LogP contribution in [-0.4, -0.2) is 4.98 Å². The monoisotopic (exact) mass is 306 g/mol. The third kappa shape index (κ3) is 2.60. The standard InChI is InChI=1S/C15H9ClF2N2O/c16-11-6-8(1-2-12(11)17)20-9-5-10-14(21)3-4-19-15(10)13(18)7-9/h1-7,20H,(H,19,21). The molecular formula is C15H9ClF2N2O. The molecule has 1 aromatic heterocycles. The van der Waals surface area contributed by atoms with Gasteiger partial charge in [0, 0.05) is 23.6 Å². The molecule has 21 heavy (non-hydrogen) atoms. The molecule has 0 saturated carbocycles. The van der Waals surface area contributed by atoms with E-state index in [0.717, 1.165) is 0 Å². The van der Waals surface area contributed by atoms with Gasteiger partial charge in [0.15, 0.2) is 5.43 Å². The quantitative estimate of drug-likeness (QED) is 0.745. The van der Waals surface area contributed by atoms with Gasteiger partial charge in [0.25, 0.3) is 0 Å². The first-order valence-corrected chi connectivity index (χ1v) is 6.45. The third-order valence-corrected chi connectivity index (χ3v) is 3.32. The first-order chi connectivity index (χ1) is 10.0. The molecule has 0 aliphatic rings. The van der Waals surface area contributed by atoms with E-state index in [0.29, 0.717) is 11.4 Å². The molecule has 0 spiro atoms. The van der Waals surface area contributed by atoms with Crippen LogP contribution in [0.2, 0.25) is 5.02 Å². The molecule has 2 aromatic carbocycles. The minimum atomic E-state index is -0.555. The lowest BCUT2D eigenvalue weighted by atomic mass is 10.1. The molecule has 3 aromatic rings. The van der Waals surface area contributed by atoms with E-state index in [-0.39, 0.29) is 21.4 Å². The molecular weight excluding hydrogens is 298 g/mol. The van der Waals surface area contributed by atoms with Crippen LogP contribution in [0.4, 0.5) is 20.2 Å². The zero-order valence-corrected chi connectivity index (χ0v) is 11.3. The fourth-order valence-electron chi connectivity index (χ4n) is 2.05. The number of pyridine rings is 1. The lowest BCUT2D eigenvalue weighted by Gasteiger charge is -2.09. The number of fused-ring (bicyclic) bond motifs is 1. The van der Waals surface area contributed by atoms with Crippen LogP contribution in [0.3, 0.4) is 0 Å². The van der Waals surface area contributed by atoms with Crippen molar-refractivity contribution in [3.63, 3.8) is 0 Å². The van der Waals surface area contributed by atoms with E-state index in [9.17, 15) is 13.6 Å². The molecule has 0 fully saturated rings. The van der Waals surface area contributed by atoms with Gasteiger partial charge in [-0.05, 0) is 30.3 Å². The number of hydrogen-bond donors (Lipinski definition) is 2. The second kappa shape index (κ2) is 5.18. The molecule has 6 heteroatoms. The Balaban J connectivity index is 2.06. The summed E-state index contributed by atoms with van der Waals surface area (Å²) < 4.78 is 27.1. The number of aromatic nitrogens is 1. The number of H-pyrrole nitrogens is 1. The van der Waals surface area contributed by atoms with E-state index in [1.54, 1.807) is 0 Å². The molecule has 0 unspecified atom stereocenters. The van der Waals surface area contributed by atoms with Gasteiger partial charge in [-0.15, -0.1) is 0 Å². The molecule has 0 amide bonds. The molecule has 106 valence electrons. The molecule has 0 atom stereocenters. The second-order valence-electron chi connectivity index (χ2n) is 4.48. The van der Waals surface area contributed by atoms with Gasteiger partial charge in [-0.2, -0.15) is 0 Å². The van der Waals surface area contributed by atoms with Gasteiger partial charge in [0.2, 0.25) is 0 Å². The van der Waals surface area contributed by atoms with Crippen molar-refractivity contribution in [1.29, 1.82) is 0 Å². The highest BCUT2D eigenvalue weighted by atomic mass is 35.5. The molecule has 2 N–H and O–H groups in total. The zero-order chi connectivity index (χ0) is 15.0. The van der Waals surface area contributed by atoms with E-state index >= 15 is 0 Å². The number of hydrogen-bond acceptors (Lipinski definition) is 2. The van der Waals surface area contributed by atoms with Crippen LogP contribution in [0.5, 0.6) is 0 Å². The van der Waals surface area contributed by atoms with Crippen LogP contribution >= 0.6 is 11.6 Å². The van der Waals surface area contributed by atoms with Crippen LogP contribution < -0.4 is 10.7 Å². The molecule has 0 radical (unpaired) electrons. The van der Waals surface area contributed by atoms with Crippen molar-refractivity contribution < 1.29 is 8.78 Å². The number of halogens is 3. The summed E-state index contributed by atoms with van der Waals surface area (Å²) >= 11 is 5.69. The predicted octanol–water partition coefficient (Wildman–Crippen LogP) is 4.20. The Bertz CT molecular complexity index is 892. The maximum absolute atomic E-state index is 14.0. The SMILES string of the molecule is O=c1cc[nH]c2c(F)cc(Nc3ccc(F)c(Cl)c3)cc12. The summed E-state index contributed by atoms with van der Waals surface area (Å²) in [7, 11) is 0. The van der Waals surface area contributed by atoms with Gasteiger partial charge in [-0.1, -0.05) is 11.6 Å². The number of nitrogens with one attached hydrogen (secondary N) is 2. The van der Waals surface area contributed by atoms with Crippen LogP contribution in [0.25, 0.3) is 10.9 Å². The number of benzene rings is 2. The second-order valence-corrected chi connectivity index (χ2v) is 4.88. The minimum Gasteiger partial charge on any atom is -0.359 e. The van der Waals surface area contributed by atoms with Crippen molar-refractivity contribution in [2.24, 2.45) is 0 Å². The number of anilines is 2. The van der Waals surface area contributed by atoms with E-state index < -0.39 is 11.6 Å². The average molecular weight is 307 g/mol. The van der Waals surface area contributed by atoms with Gasteiger partial charge in [0.1, 0.15) is 11.6 Å². The summed E-state index contributed by atoms with van der Waals surface area (Å²) in [6.07, 6.45) is 1.39. The minimum absolute atomic E-state index is 0.0425. The van der Waals surface area contributed by atoms with Crippen LogP contribution in [-0.2, 0) is 0 Å². The van der Waals surface area contributed by atoms with Gasteiger partial charge in [0.05, 0.1) is 15.9 Å². The Kier molecular flexibility index (Phi) is 3.35. The van der Waals surface area contributed by atoms with E-state index in [1.807, 2.05) is 0 Å². The van der Waals surface area contributed by atoms with Crippen LogP contribution in [0, 0.1) is 11.6 Å². The summed E-state index contributed by atoms with van der Waals surface area (Å²) in [5.41, 5.74) is 0.723. The summed E-state index contributed by atoms with van der Waals surface area (Å²) in [4.78, 5) is 14.4. The first-order valence-electron chi connectivity index (χ1n) is 6.07. The normalized spacial score (nSPS) is 10.8. The lowest BCUT2D eigenvalue weighted by molar-refractivity contribution is 0.628. The van der Waals surface area contributed by atoms with E-state index in [1.165, 1.54) is 42.6 Å². The summed E-state index contributed by atoms with van der Waals surface area (Å²) in [5, 5.41) is 3.08. The lowest BCUT2D eigenvalue weighted by Crippen LogP contribution is -2.03. The van der Waals surface area contributed by atoms with Gasteiger partial charge < -0.3 is 10.3 Å². The van der Waals surface area contributed by atoms with Crippen molar-refractivity contribution in [3.05, 3.63) is 69.5 Å². The average Bonchev–Trinajstić information content (AvgIpc) is 2.44. The molecule has 0 saturated heterocycles. The molecule has 3 rings (SSSR count). The van der Waals surface area contributed by atoms with Gasteiger partial charge >= 0.3 is 0 Å².